The molecular weight excluding hydrogens is 290 g/mol. The van der Waals surface area contributed by atoms with Gasteiger partial charge in [0.25, 0.3) is 0 Å². The Morgan fingerprint density at radius 2 is 2.15 bits per heavy atom. The highest BCUT2D eigenvalue weighted by Crippen LogP contribution is 2.32. The van der Waals surface area contributed by atoms with Gasteiger partial charge in [0.1, 0.15) is 10.6 Å². The first-order chi connectivity index (χ1) is 9.78. The number of anilines is 1. The van der Waals surface area contributed by atoms with Crippen molar-refractivity contribution >= 4 is 39.0 Å². The molecule has 0 radical (unpaired) electrons. The minimum absolute atomic E-state index is 0.334. The second-order valence-corrected chi connectivity index (χ2v) is 6.77. The highest BCUT2D eigenvalue weighted by molar-refractivity contribution is 7.16. The zero-order valence-corrected chi connectivity index (χ0v) is 13.3. The summed E-state index contributed by atoms with van der Waals surface area (Å²) < 4.78 is 0. The lowest BCUT2D eigenvalue weighted by atomic mass is 9.83. The molecule has 1 aliphatic carbocycles. The van der Waals surface area contributed by atoms with Gasteiger partial charge in [-0.25, -0.2) is 9.97 Å². The number of hydrogen-bond donors (Lipinski definition) is 1. The number of thiophene rings is 1. The minimum atomic E-state index is 0.334. The van der Waals surface area contributed by atoms with Crippen molar-refractivity contribution in [2.45, 2.75) is 51.5 Å². The topological polar surface area (TPSA) is 37.8 Å². The Morgan fingerprint density at radius 3 is 2.90 bits per heavy atom. The van der Waals surface area contributed by atoms with E-state index < -0.39 is 0 Å². The van der Waals surface area contributed by atoms with Crippen molar-refractivity contribution in [3.8, 4) is 0 Å². The van der Waals surface area contributed by atoms with Gasteiger partial charge in [0.2, 0.25) is 5.28 Å². The lowest BCUT2D eigenvalue weighted by Crippen LogP contribution is -2.30. The van der Waals surface area contributed by atoms with E-state index in [9.17, 15) is 0 Å². The first kappa shape index (κ1) is 14.1. The number of rotatable bonds is 4. The van der Waals surface area contributed by atoms with Crippen molar-refractivity contribution in [2.24, 2.45) is 5.92 Å². The summed E-state index contributed by atoms with van der Waals surface area (Å²) in [5, 5.41) is 7.11. The molecule has 108 valence electrons. The molecule has 0 saturated heterocycles. The third kappa shape index (κ3) is 2.91. The van der Waals surface area contributed by atoms with Gasteiger partial charge in [-0.15, -0.1) is 11.3 Å². The minimum Gasteiger partial charge on any atom is -0.366 e. The lowest BCUT2D eigenvalue weighted by molar-refractivity contribution is 0.313. The van der Waals surface area contributed by atoms with E-state index in [0.29, 0.717) is 11.3 Å². The summed E-state index contributed by atoms with van der Waals surface area (Å²) in [6.45, 7) is 2.25. The van der Waals surface area contributed by atoms with Crippen LogP contribution in [0.25, 0.3) is 10.2 Å². The summed E-state index contributed by atoms with van der Waals surface area (Å²) in [7, 11) is 0. The number of nitrogens with one attached hydrogen (secondary N) is 1. The Bertz CT molecular complexity index is 578. The monoisotopic (exact) mass is 309 g/mol. The number of nitrogens with zero attached hydrogens (tertiary/aromatic N) is 2. The molecule has 1 aliphatic rings. The molecule has 5 heteroatoms. The number of hydrogen-bond acceptors (Lipinski definition) is 4. The Morgan fingerprint density at radius 1 is 1.35 bits per heavy atom. The highest BCUT2D eigenvalue weighted by Gasteiger charge is 2.23. The van der Waals surface area contributed by atoms with Gasteiger partial charge < -0.3 is 5.32 Å². The molecule has 2 aromatic heterocycles. The molecule has 2 heterocycles. The summed E-state index contributed by atoms with van der Waals surface area (Å²) in [5.41, 5.74) is 0. The van der Waals surface area contributed by atoms with Gasteiger partial charge in [-0.2, -0.15) is 0 Å². The molecule has 1 saturated carbocycles. The van der Waals surface area contributed by atoms with Crippen LogP contribution in [0.15, 0.2) is 11.4 Å². The Kier molecular flexibility index (Phi) is 4.41. The molecule has 3 nitrogen and oxygen atoms in total. The standard InChI is InChI=1S/C15H20ClN3S/c1-2-12(10-6-4-3-5-7-10)17-13-11-8-9-20-14(11)19-15(16)18-13/h8-10,12H,2-7H2,1H3,(H,17,18,19). The normalized spacial score (nSPS) is 18.3. The molecule has 0 aliphatic heterocycles. The summed E-state index contributed by atoms with van der Waals surface area (Å²) in [6, 6.07) is 2.57. The lowest BCUT2D eigenvalue weighted by Gasteiger charge is -2.30. The van der Waals surface area contributed by atoms with Crippen molar-refractivity contribution in [3.05, 3.63) is 16.7 Å². The van der Waals surface area contributed by atoms with Gasteiger partial charge in [0, 0.05) is 6.04 Å². The number of fused-ring (bicyclic) bond motifs is 1. The maximum absolute atomic E-state index is 6.04. The molecule has 0 aromatic carbocycles. The molecule has 1 atom stereocenters. The third-order valence-corrected chi connectivity index (χ3v) is 5.25. The van der Waals surface area contributed by atoms with Crippen molar-refractivity contribution in [2.75, 3.05) is 5.32 Å². The van der Waals surface area contributed by atoms with E-state index in [1.54, 1.807) is 11.3 Å². The van der Waals surface area contributed by atoms with Gasteiger partial charge in [-0.3, -0.25) is 0 Å². The highest BCUT2D eigenvalue weighted by atomic mass is 35.5. The SMILES string of the molecule is CCC(Nc1nc(Cl)nc2sccc12)C1CCCCC1. The van der Waals surface area contributed by atoms with Crippen LogP contribution >= 0.6 is 22.9 Å². The number of halogens is 1. The molecule has 2 aromatic rings. The molecule has 0 bridgehead atoms. The molecule has 0 amide bonds. The summed E-state index contributed by atoms with van der Waals surface area (Å²) in [5.74, 6) is 1.66. The van der Waals surface area contributed by atoms with E-state index >= 15 is 0 Å². The summed E-state index contributed by atoms with van der Waals surface area (Å²) >= 11 is 7.65. The maximum atomic E-state index is 6.04. The zero-order chi connectivity index (χ0) is 13.9. The van der Waals surface area contributed by atoms with E-state index in [1.165, 1.54) is 32.1 Å². The average molecular weight is 310 g/mol. The predicted molar refractivity (Wildman–Crippen MR) is 86.7 cm³/mol. The van der Waals surface area contributed by atoms with Crippen molar-refractivity contribution in [3.63, 3.8) is 0 Å². The summed E-state index contributed by atoms with van der Waals surface area (Å²) in [6.07, 6.45) is 7.90. The third-order valence-electron chi connectivity index (χ3n) is 4.28. The van der Waals surface area contributed by atoms with Gasteiger partial charge in [0.05, 0.1) is 5.39 Å². The fraction of sp³-hybridized carbons (Fsp3) is 0.600. The van der Waals surface area contributed by atoms with E-state index in [0.717, 1.165) is 28.4 Å². The second-order valence-electron chi connectivity index (χ2n) is 5.54. The Labute approximate surface area is 128 Å². The molecule has 1 fully saturated rings. The van der Waals surface area contributed by atoms with Crippen LogP contribution in [0.3, 0.4) is 0 Å². The Hall–Kier alpha value is -0.870. The Balaban J connectivity index is 1.84. The molecule has 3 rings (SSSR count). The maximum Gasteiger partial charge on any atom is 0.225 e. The molecule has 1 unspecified atom stereocenters. The average Bonchev–Trinajstić information content (AvgIpc) is 2.93. The van der Waals surface area contributed by atoms with Gasteiger partial charge >= 0.3 is 0 Å². The van der Waals surface area contributed by atoms with Crippen LogP contribution in [0.1, 0.15) is 45.4 Å². The van der Waals surface area contributed by atoms with Crippen molar-refractivity contribution in [1.82, 2.24) is 9.97 Å². The van der Waals surface area contributed by atoms with E-state index in [2.05, 4.69) is 28.3 Å². The van der Waals surface area contributed by atoms with E-state index in [-0.39, 0.29) is 0 Å². The van der Waals surface area contributed by atoms with Gasteiger partial charge in [-0.1, -0.05) is 26.2 Å². The second kappa shape index (κ2) is 6.27. The smallest absolute Gasteiger partial charge is 0.225 e. The molecule has 20 heavy (non-hydrogen) atoms. The van der Waals surface area contributed by atoms with E-state index in [1.807, 2.05) is 5.38 Å². The van der Waals surface area contributed by atoms with E-state index in [4.69, 9.17) is 11.6 Å². The van der Waals surface area contributed by atoms with Crippen LogP contribution in [-0.4, -0.2) is 16.0 Å². The first-order valence-electron chi connectivity index (χ1n) is 7.45. The van der Waals surface area contributed by atoms with Gasteiger partial charge in [0.15, 0.2) is 0 Å². The molecule has 1 N–H and O–H groups in total. The molecular formula is C15H20ClN3S. The fourth-order valence-corrected chi connectivity index (χ4v) is 4.19. The molecule has 0 spiro atoms. The van der Waals surface area contributed by atoms with Crippen LogP contribution in [0.4, 0.5) is 5.82 Å². The fourth-order valence-electron chi connectivity index (χ4n) is 3.20. The largest absolute Gasteiger partial charge is 0.366 e. The van der Waals surface area contributed by atoms with Crippen LogP contribution in [0, 0.1) is 5.92 Å². The van der Waals surface area contributed by atoms with Crippen LogP contribution in [0.2, 0.25) is 5.28 Å². The van der Waals surface area contributed by atoms with Crippen LogP contribution in [0.5, 0.6) is 0 Å². The predicted octanol–water partition coefficient (Wildman–Crippen LogP) is 5.12. The summed E-state index contributed by atoms with van der Waals surface area (Å²) in [4.78, 5) is 9.64. The van der Waals surface area contributed by atoms with Crippen molar-refractivity contribution in [1.29, 1.82) is 0 Å². The van der Waals surface area contributed by atoms with Gasteiger partial charge in [-0.05, 0) is 48.2 Å². The van der Waals surface area contributed by atoms with Crippen molar-refractivity contribution < 1.29 is 0 Å². The zero-order valence-electron chi connectivity index (χ0n) is 11.7. The first-order valence-corrected chi connectivity index (χ1v) is 8.71. The van der Waals surface area contributed by atoms with Crippen LogP contribution in [-0.2, 0) is 0 Å². The quantitative estimate of drug-likeness (QED) is 0.797. The number of aromatic nitrogens is 2. The van der Waals surface area contributed by atoms with Crippen LogP contribution < -0.4 is 5.32 Å².